The highest BCUT2D eigenvalue weighted by Crippen LogP contribution is 2.36. The van der Waals surface area contributed by atoms with E-state index in [-0.39, 0.29) is 12.5 Å². The minimum Gasteiger partial charge on any atom is -0.483 e. The van der Waals surface area contributed by atoms with Crippen molar-refractivity contribution in [2.75, 3.05) is 11.9 Å². The topological polar surface area (TPSA) is 81.4 Å². The predicted octanol–water partition coefficient (Wildman–Crippen LogP) is 4.49. The molecule has 3 rings (SSSR count). The first-order valence-corrected chi connectivity index (χ1v) is 10.3. The van der Waals surface area contributed by atoms with Gasteiger partial charge in [0.2, 0.25) is 0 Å². The molecule has 0 atom stereocenters. The van der Waals surface area contributed by atoms with E-state index in [4.69, 9.17) is 22.1 Å². The fourth-order valence-corrected chi connectivity index (χ4v) is 4.89. The molecule has 27 heavy (non-hydrogen) atoms. The molecule has 0 fully saturated rings. The van der Waals surface area contributed by atoms with Crippen LogP contribution in [0.2, 0.25) is 5.02 Å². The van der Waals surface area contributed by atoms with Crippen molar-refractivity contribution >= 4 is 39.8 Å². The molecule has 0 bridgehead atoms. The molecule has 1 aliphatic carbocycles. The zero-order valence-electron chi connectivity index (χ0n) is 15.3. The highest BCUT2D eigenvalue weighted by atomic mass is 35.5. The van der Waals surface area contributed by atoms with E-state index in [0.717, 1.165) is 48.1 Å². The van der Waals surface area contributed by atoms with Crippen LogP contribution >= 0.6 is 22.9 Å². The van der Waals surface area contributed by atoms with E-state index in [2.05, 4.69) is 5.32 Å². The van der Waals surface area contributed by atoms with Crippen molar-refractivity contribution in [2.45, 2.75) is 45.4 Å². The van der Waals surface area contributed by atoms with Crippen LogP contribution in [0.4, 0.5) is 5.00 Å². The lowest BCUT2D eigenvalue weighted by Gasteiger charge is -2.11. The van der Waals surface area contributed by atoms with E-state index in [0.29, 0.717) is 21.3 Å². The summed E-state index contributed by atoms with van der Waals surface area (Å²) in [6, 6.07) is 5.22. The second kappa shape index (κ2) is 8.76. The normalized spacial score (nSPS) is 14.0. The van der Waals surface area contributed by atoms with E-state index in [1.54, 1.807) is 18.2 Å². The van der Waals surface area contributed by atoms with Gasteiger partial charge in [-0.05, 0) is 61.9 Å². The van der Waals surface area contributed by atoms with Gasteiger partial charge in [-0.2, -0.15) is 0 Å². The Morgan fingerprint density at radius 3 is 2.67 bits per heavy atom. The molecule has 3 N–H and O–H groups in total. The minimum absolute atomic E-state index is 0.150. The lowest BCUT2D eigenvalue weighted by atomic mass is 9.96. The van der Waals surface area contributed by atoms with Gasteiger partial charge in [-0.25, -0.2) is 0 Å². The summed E-state index contributed by atoms with van der Waals surface area (Å²) in [6.45, 7) is 1.72. The second-order valence-electron chi connectivity index (χ2n) is 6.73. The number of ether oxygens (including phenoxy) is 1. The quantitative estimate of drug-likeness (QED) is 0.767. The van der Waals surface area contributed by atoms with E-state index in [1.807, 2.05) is 6.92 Å². The summed E-state index contributed by atoms with van der Waals surface area (Å²) >= 11 is 7.39. The largest absolute Gasteiger partial charge is 0.483 e. The van der Waals surface area contributed by atoms with E-state index in [9.17, 15) is 9.59 Å². The van der Waals surface area contributed by atoms with Gasteiger partial charge < -0.3 is 15.8 Å². The van der Waals surface area contributed by atoms with E-state index in [1.165, 1.54) is 17.8 Å². The molecule has 2 amide bonds. The number of aryl methyl sites for hydroxylation is 2. The average Bonchev–Trinajstić information content (AvgIpc) is 2.90. The van der Waals surface area contributed by atoms with Crippen LogP contribution in [0.25, 0.3) is 0 Å². The number of nitrogens with one attached hydrogen (secondary N) is 1. The molecule has 0 spiro atoms. The molecule has 5 nitrogen and oxygen atoms in total. The second-order valence-corrected chi connectivity index (χ2v) is 8.27. The van der Waals surface area contributed by atoms with Gasteiger partial charge in [0.05, 0.1) is 5.56 Å². The fourth-order valence-electron chi connectivity index (χ4n) is 3.35. The maximum absolute atomic E-state index is 12.4. The summed E-state index contributed by atoms with van der Waals surface area (Å²) in [5.41, 5.74) is 7.95. The van der Waals surface area contributed by atoms with Gasteiger partial charge in [0.1, 0.15) is 10.8 Å². The van der Waals surface area contributed by atoms with Gasteiger partial charge >= 0.3 is 0 Å². The van der Waals surface area contributed by atoms with Crippen LogP contribution in [-0.4, -0.2) is 18.4 Å². The van der Waals surface area contributed by atoms with Gasteiger partial charge in [0.25, 0.3) is 11.8 Å². The number of rotatable bonds is 5. The van der Waals surface area contributed by atoms with Crippen LogP contribution in [0, 0.1) is 6.92 Å². The summed E-state index contributed by atoms with van der Waals surface area (Å²) < 4.78 is 5.59. The molecule has 1 aromatic heterocycles. The van der Waals surface area contributed by atoms with Gasteiger partial charge in [-0.1, -0.05) is 24.4 Å². The minimum atomic E-state index is -0.488. The maximum atomic E-state index is 12.4. The van der Waals surface area contributed by atoms with Gasteiger partial charge in [-0.15, -0.1) is 11.3 Å². The molecule has 1 aliphatic rings. The maximum Gasteiger partial charge on any atom is 0.262 e. The molecule has 0 radical (unpaired) electrons. The Morgan fingerprint density at radius 2 is 1.96 bits per heavy atom. The Kier molecular flexibility index (Phi) is 6.39. The molecule has 0 unspecified atom stereocenters. The summed E-state index contributed by atoms with van der Waals surface area (Å²) in [4.78, 5) is 25.6. The predicted molar refractivity (Wildman–Crippen MR) is 109 cm³/mol. The number of halogens is 1. The Morgan fingerprint density at radius 1 is 1.22 bits per heavy atom. The van der Waals surface area contributed by atoms with Crippen molar-refractivity contribution in [1.82, 2.24) is 0 Å². The van der Waals surface area contributed by atoms with Crippen molar-refractivity contribution in [2.24, 2.45) is 5.73 Å². The fraction of sp³-hybridized carbons (Fsp3) is 0.400. The third kappa shape index (κ3) is 4.82. The summed E-state index contributed by atoms with van der Waals surface area (Å²) in [6.07, 6.45) is 6.24. The molecule has 0 aliphatic heterocycles. The number of anilines is 1. The smallest absolute Gasteiger partial charge is 0.262 e. The van der Waals surface area contributed by atoms with Crippen LogP contribution in [0.3, 0.4) is 0 Å². The zero-order chi connectivity index (χ0) is 19.4. The molecular weight excluding hydrogens is 384 g/mol. The number of nitrogens with two attached hydrogens (primary N) is 1. The number of carbonyl (C=O) groups excluding carboxylic acids is 2. The van der Waals surface area contributed by atoms with Gasteiger partial charge in [-0.3, -0.25) is 9.59 Å². The number of carbonyl (C=O) groups is 2. The lowest BCUT2D eigenvalue weighted by molar-refractivity contribution is -0.118. The van der Waals surface area contributed by atoms with Crippen molar-refractivity contribution in [1.29, 1.82) is 0 Å². The Labute approximate surface area is 167 Å². The SMILES string of the molecule is Cc1cc(Cl)ccc1OCC(=O)Nc1sc2c(c1C(N)=O)CCCCCC2. The summed E-state index contributed by atoms with van der Waals surface area (Å²) in [5, 5.41) is 3.97. The first kappa shape index (κ1) is 19.7. The van der Waals surface area contributed by atoms with Crippen molar-refractivity contribution in [3.8, 4) is 5.75 Å². The molecule has 0 saturated carbocycles. The number of primary amides is 1. The molecule has 7 heteroatoms. The van der Waals surface area contributed by atoms with Crippen LogP contribution in [-0.2, 0) is 17.6 Å². The lowest BCUT2D eigenvalue weighted by Crippen LogP contribution is -2.22. The summed E-state index contributed by atoms with van der Waals surface area (Å²) in [7, 11) is 0. The van der Waals surface area contributed by atoms with Crippen LogP contribution in [0.15, 0.2) is 18.2 Å². The van der Waals surface area contributed by atoms with Gasteiger partial charge in [0, 0.05) is 9.90 Å². The first-order valence-electron chi connectivity index (χ1n) is 9.09. The molecule has 1 aromatic carbocycles. The summed E-state index contributed by atoms with van der Waals surface area (Å²) in [5.74, 6) is -0.206. The Hall–Kier alpha value is -2.05. The Balaban J connectivity index is 1.73. The van der Waals surface area contributed by atoms with Crippen molar-refractivity contribution in [3.05, 3.63) is 44.8 Å². The van der Waals surface area contributed by atoms with Crippen molar-refractivity contribution in [3.63, 3.8) is 0 Å². The van der Waals surface area contributed by atoms with Crippen LogP contribution in [0.1, 0.15) is 52.0 Å². The third-order valence-corrected chi connectivity index (χ3v) is 6.11. The van der Waals surface area contributed by atoms with Crippen LogP contribution in [0.5, 0.6) is 5.75 Å². The third-order valence-electron chi connectivity index (χ3n) is 4.67. The van der Waals surface area contributed by atoms with Crippen molar-refractivity contribution < 1.29 is 14.3 Å². The monoisotopic (exact) mass is 406 g/mol. The van der Waals surface area contributed by atoms with Gasteiger partial charge in [0.15, 0.2) is 6.61 Å². The molecule has 1 heterocycles. The number of hydrogen-bond acceptors (Lipinski definition) is 4. The molecule has 2 aromatic rings. The highest BCUT2D eigenvalue weighted by Gasteiger charge is 2.23. The Bertz CT molecular complexity index is 863. The molecule has 0 saturated heterocycles. The number of fused-ring (bicyclic) bond motifs is 1. The standard InChI is InChI=1S/C20H23ClN2O3S/c1-12-10-13(21)8-9-15(12)26-11-17(24)23-20-18(19(22)25)14-6-4-2-3-5-7-16(14)27-20/h8-10H,2-7,11H2,1H3,(H2,22,25)(H,23,24). The number of thiophene rings is 1. The zero-order valence-corrected chi connectivity index (χ0v) is 16.8. The average molecular weight is 407 g/mol. The van der Waals surface area contributed by atoms with Crippen LogP contribution < -0.4 is 15.8 Å². The number of benzene rings is 1. The van der Waals surface area contributed by atoms with E-state index >= 15 is 0 Å². The molecule has 144 valence electrons. The van der Waals surface area contributed by atoms with E-state index < -0.39 is 5.91 Å². The molecular formula is C20H23ClN2O3S. The highest BCUT2D eigenvalue weighted by molar-refractivity contribution is 7.17. The first-order chi connectivity index (χ1) is 13.0. The number of amides is 2. The number of hydrogen-bond donors (Lipinski definition) is 2.